The van der Waals surface area contributed by atoms with Gasteiger partial charge in [0.1, 0.15) is 6.04 Å². The molecule has 4 aromatic rings. The second-order valence-corrected chi connectivity index (χ2v) is 11.0. The maximum absolute atomic E-state index is 13.8. The van der Waals surface area contributed by atoms with E-state index in [2.05, 4.69) is 29.7 Å². The normalized spacial score (nSPS) is 14.3. The molecule has 0 bridgehead atoms. The molecular formula is C32H35N5O3S. The molecule has 3 aromatic carbocycles. The average Bonchev–Trinajstić information content (AvgIpc) is 3.39. The highest BCUT2D eigenvalue weighted by Gasteiger charge is 2.35. The van der Waals surface area contributed by atoms with E-state index in [-0.39, 0.29) is 5.91 Å². The van der Waals surface area contributed by atoms with Crippen LogP contribution in [-0.2, 0) is 11.2 Å². The van der Waals surface area contributed by atoms with Crippen molar-refractivity contribution in [3.8, 4) is 11.5 Å². The lowest BCUT2D eigenvalue weighted by Gasteiger charge is -2.29. The molecular weight excluding hydrogens is 534 g/mol. The number of aryl methyl sites for hydroxylation is 1. The minimum atomic E-state index is -0.521. The Bertz CT molecular complexity index is 1530. The first kappa shape index (κ1) is 28.3. The van der Waals surface area contributed by atoms with Crippen LogP contribution in [0, 0.1) is 6.92 Å². The average molecular weight is 570 g/mol. The SMILES string of the molecule is CCCSc1nc2n(n1)C(c1ccc(OCCc3ccccc3)c(OC)c1)C(C(=O)Nc1ccc(C)cc1)=C(C)N2. The van der Waals surface area contributed by atoms with Gasteiger partial charge in [-0.3, -0.25) is 4.79 Å². The lowest BCUT2D eigenvalue weighted by Crippen LogP contribution is -2.31. The zero-order valence-electron chi connectivity index (χ0n) is 23.8. The van der Waals surface area contributed by atoms with E-state index in [9.17, 15) is 4.79 Å². The maximum atomic E-state index is 13.8. The van der Waals surface area contributed by atoms with Gasteiger partial charge in [-0.1, -0.05) is 72.8 Å². The summed E-state index contributed by atoms with van der Waals surface area (Å²) in [5, 5.41) is 11.8. The van der Waals surface area contributed by atoms with Gasteiger partial charge < -0.3 is 20.1 Å². The molecule has 2 N–H and O–H groups in total. The summed E-state index contributed by atoms with van der Waals surface area (Å²) in [7, 11) is 1.62. The van der Waals surface area contributed by atoms with Crippen LogP contribution in [0.5, 0.6) is 11.5 Å². The van der Waals surface area contributed by atoms with Crippen LogP contribution in [0.1, 0.15) is 43.0 Å². The topological polar surface area (TPSA) is 90.3 Å². The number of benzene rings is 3. The Labute approximate surface area is 245 Å². The summed E-state index contributed by atoms with van der Waals surface area (Å²) in [5.41, 5.74) is 5.16. The van der Waals surface area contributed by atoms with Crippen molar-refractivity contribution in [2.24, 2.45) is 0 Å². The Hall–Kier alpha value is -4.24. The number of carbonyl (C=O) groups is 1. The Balaban J connectivity index is 1.47. The number of allylic oxidation sites excluding steroid dienone is 1. The van der Waals surface area contributed by atoms with Crippen molar-refractivity contribution in [2.75, 3.05) is 30.1 Å². The molecule has 212 valence electrons. The third kappa shape index (κ3) is 6.57. The predicted octanol–water partition coefficient (Wildman–Crippen LogP) is 6.65. The van der Waals surface area contributed by atoms with Gasteiger partial charge in [-0.25, -0.2) is 4.68 Å². The molecule has 0 fully saturated rings. The number of carbonyl (C=O) groups excluding carboxylic acids is 1. The van der Waals surface area contributed by atoms with Crippen molar-refractivity contribution < 1.29 is 14.3 Å². The summed E-state index contributed by atoms with van der Waals surface area (Å²) in [6.45, 7) is 6.55. The summed E-state index contributed by atoms with van der Waals surface area (Å²) < 4.78 is 13.6. The molecule has 9 heteroatoms. The van der Waals surface area contributed by atoms with Crippen LogP contribution in [-0.4, -0.2) is 40.1 Å². The van der Waals surface area contributed by atoms with Crippen LogP contribution in [0.25, 0.3) is 0 Å². The summed E-state index contributed by atoms with van der Waals surface area (Å²) in [6, 6.07) is 23.2. The molecule has 0 saturated carbocycles. The van der Waals surface area contributed by atoms with E-state index in [4.69, 9.17) is 19.6 Å². The molecule has 1 amide bonds. The zero-order valence-corrected chi connectivity index (χ0v) is 24.6. The van der Waals surface area contributed by atoms with E-state index < -0.39 is 6.04 Å². The highest BCUT2D eigenvalue weighted by Crippen LogP contribution is 2.40. The van der Waals surface area contributed by atoms with E-state index in [0.717, 1.165) is 35.4 Å². The Morgan fingerprint density at radius 2 is 1.83 bits per heavy atom. The number of aromatic nitrogens is 3. The van der Waals surface area contributed by atoms with Gasteiger partial charge in [0.15, 0.2) is 11.5 Å². The molecule has 1 aromatic heterocycles. The van der Waals surface area contributed by atoms with Gasteiger partial charge in [0, 0.05) is 23.6 Å². The van der Waals surface area contributed by atoms with Crippen molar-refractivity contribution in [1.82, 2.24) is 14.8 Å². The van der Waals surface area contributed by atoms with Crippen molar-refractivity contribution >= 4 is 29.3 Å². The van der Waals surface area contributed by atoms with Crippen LogP contribution < -0.4 is 20.1 Å². The number of methoxy groups -OCH3 is 1. The molecule has 1 unspecified atom stereocenters. The van der Waals surface area contributed by atoms with E-state index in [1.807, 2.05) is 74.5 Å². The molecule has 1 aliphatic rings. The van der Waals surface area contributed by atoms with Gasteiger partial charge in [0.25, 0.3) is 5.91 Å². The third-order valence-corrected chi connectivity index (χ3v) is 7.86. The van der Waals surface area contributed by atoms with E-state index in [1.165, 1.54) is 5.56 Å². The lowest BCUT2D eigenvalue weighted by molar-refractivity contribution is -0.113. The van der Waals surface area contributed by atoms with Gasteiger partial charge >= 0.3 is 0 Å². The summed E-state index contributed by atoms with van der Waals surface area (Å²) >= 11 is 1.60. The minimum Gasteiger partial charge on any atom is -0.493 e. The molecule has 5 rings (SSSR count). The second kappa shape index (κ2) is 13.0. The lowest BCUT2D eigenvalue weighted by atomic mass is 9.94. The smallest absolute Gasteiger partial charge is 0.255 e. The van der Waals surface area contributed by atoms with Gasteiger partial charge in [0.05, 0.1) is 19.3 Å². The quantitative estimate of drug-likeness (QED) is 0.196. The molecule has 0 radical (unpaired) electrons. The van der Waals surface area contributed by atoms with Gasteiger partial charge in [0.2, 0.25) is 11.1 Å². The number of thioether (sulfide) groups is 1. The largest absolute Gasteiger partial charge is 0.493 e. The highest BCUT2D eigenvalue weighted by atomic mass is 32.2. The van der Waals surface area contributed by atoms with Gasteiger partial charge in [-0.05, 0) is 55.7 Å². The van der Waals surface area contributed by atoms with E-state index in [1.54, 1.807) is 23.6 Å². The third-order valence-electron chi connectivity index (χ3n) is 6.82. The number of nitrogens with one attached hydrogen (secondary N) is 2. The molecule has 8 nitrogen and oxygen atoms in total. The van der Waals surface area contributed by atoms with Gasteiger partial charge in [-0.2, -0.15) is 4.98 Å². The Kier molecular flexibility index (Phi) is 8.94. The monoisotopic (exact) mass is 569 g/mol. The maximum Gasteiger partial charge on any atom is 0.255 e. The first-order valence-corrected chi connectivity index (χ1v) is 14.7. The Morgan fingerprint density at radius 3 is 2.56 bits per heavy atom. The van der Waals surface area contributed by atoms with Crippen molar-refractivity contribution in [2.45, 2.75) is 44.8 Å². The number of amides is 1. The summed E-state index contributed by atoms with van der Waals surface area (Å²) in [5.74, 6) is 2.53. The second-order valence-electron chi connectivity index (χ2n) is 9.89. The van der Waals surface area contributed by atoms with Crippen molar-refractivity contribution in [1.29, 1.82) is 0 Å². The molecule has 0 saturated heterocycles. The van der Waals surface area contributed by atoms with Crippen LogP contribution in [0.15, 0.2) is 89.2 Å². The van der Waals surface area contributed by atoms with Crippen LogP contribution in [0.4, 0.5) is 11.6 Å². The van der Waals surface area contributed by atoms with Crippen molar-refractivity contribution in [3.05, 3.63) is 101 Å². The number of rotatable bonds is 11. The predicted molar refractivity (Wildman–Crippen MR) is 164 cm³/mol. The van der Waals surface area contributed by atoms with Crippen LogP contribution >= 0.6 is 11.8 Å². The minimum absolute atomic E-state index is 0.213. The molecule has 0 spiro atoms. The fourth-order valence-electron chi connectivity index (χ4n) is 4.72. The van der Waals surface area contributed by atoms with Crippen LogP contribution in [0.2, 0.25) is 0 Å². The fourth-order valence-corrected chi connectivity index (χ4v) is 5.40. The van der Waals surface area contributed by atoms with Gasteiger partial charge in [-0.15, -0.1) is 5.10 Å². The number of hydrogen-bond acceptors (Lipinski definition) is 7. The summed E-state index contributed by atoms with van der Waals surface area (Å²) in [4.78, 5) is 18.5. The molecule has 41 heavy (non-hydrogen) atoms. The number of anilines is 2. The standard InChI is InChI=1S/C32H35N5O3S/c1-5-19-41-32-35-31-33-22(3)28(30(38)34-25-14-11-21(2)12-15-25)29(37(31)36-32)24-13-16-26(27(20-24)39-4)40-18-17-23-9-7-6-8-10-23/h6-16,20,29H,5,17-19H2,1-4H3,(H,34,38)(H,33,35,36). The number of ether oxygens (including phenoxy) is 2. The van der Waals surface area contributed by atoms with E-state index >= 15 is 0 Å². The van der Waals surface area contributed by atoms with Crippen molar-refractivity contribution in [3.63, 3.8) is 0 Å². The highest BCUT2D eigenvalue weighted by molar-refractivity contribution is 7.99. The van der Waals surface area contributed by atoms with Crippen LogP contribution in [0.3, 0.4) is 0 Å². The molecule has 0 aliphatic carbocycles. The number of hydrogen-bond donors (Lipinski definition) is 2. The molecule has 1 atom stereocenters. The first-order valence-electron chi connectivity index (χ1n) is 13.8. The molecule has 1 aliphatic heterocycles. The number of fused-ring (bicyclic) bond motifs is 1. The summed E-state index contributed by atoms with van der Waals surface area (Å²) in [6.07, 6.45) is 1.79. The molecule has 2 heterocycles. The first-order chi connectivity index (χ1) is 20.0. The Morgan fingerprint density at radius 1 is 1.05 bits per heavy atom. The zero-order chi connectivity index (χ0) is 28.8. The van der Waals surface area contributed by atoms with E-state index in [0.29, 0.717) is 40.5 Å². The fraction of sp³-hybridized carbons (Fsp3) is 0.281. The number of nitrogens with zero attached hydrogens (tertiary/aromatic N) is 3.